The Balaban J connectivity index is 1.82. The van der Waals surface area contributed by atoms with Crippen LogP contribution in [0.1, 0.15) is 6.92 Å². The number of hydrogen-bond acceptors (Lipinski definition) is 6. The summed E-state index contributed by atoms with van der Waals surface area (Å²) in [7, 11) is -3.91. The number of rotatable bonds is 9. The molecular weight excluding hydrogens is 426 g/mol. The summed E-state index contributed by atoms with van der Waals surface area (Å²) in [5, 5.41) is 13.6. The minimum atomic E-state index is -3.91. The van der Waals surface area contributed by atoms with Crippen molar-refractivity contribution in [2.24, 2.45) is 0 Å². The van der Waals surface area contributed by atoms with Crippen LogP contribution in [-0.4, -0.2) is 37.6 Å². The zero-order valence-electron chi connectivity index (χ0n) is 14.8. The standard InChI is InChI=1S/C17H18ClN3O5S2/c1-12(27-15-7-5-13(18)6-8-15)17(22)19-9-10-20-28(25,26)16-4-2-3-14(11-16)21(23)24/h2-8,11-12,20H,9-10H2,1H3,(H,19,22). The zero-order chi connectivity index (χ0) is 20.7. The van der Waals surface area contributed by atoms with Gasteiger partial charge in [-0.3, -0.25) is 14.9 Å². The van der Waals surface area contributed by atoms with Crippen LogP contribution in [0.2, 0.25) is 5.02 Å². The number of thioether (sulfide) groups is 1. The first-order valence-electron chi connectivity index (χ1n) is 8.13. The Morgan fingerprint density at radius 2 is 1.89 bits per heavy atom. The van der Waals surface area contributed by atoms with Gasteiger partial charge < -0.3 is 5.32 Å². The maximum Gasteiger partial charge on any atom is 0.270 e. The molecule has 0 spiro atoms. The maximum absolute atomic E-state index is 12.2. The fraction of sp³-hybridized carbons (Fsp3) is 0.235. The molecule has 2 aromatic rings. The Bertz CT molecular complexity index is 952. The molecule has 0 aromatic heterocycles. The van der Waals surface area contributed by atoms with Crippen molar-refractivity contribution in [3.63, 3.8) is 0 Å². The van der Waals surface area contributed by atoms with E-state index in [4.69, 9.17) is 11.6 Å². The first-order chi connectivity index (χ1) is 13.2. The number of nitro benzene ring substituents is 1. The molecule has 0 fully saturated rings. The highest BCUT2D eigenvalue weighted by atomic mass is 35.5. The minimum absolute atomic E-state index is 0.0465. The van der Waals surface area contributed by atoms with Crippen LogP contribution in [0, 0.1) is 10.1 Å². The molecule has 1 amide bonds. The maximum atomic E-state index is 12.2. The smallest absolute Gasteiger partial charge is 0.270 e. The molecule has 1 atom stereocenters. The van der Waals surface area contributed by atoms with Gasteiger partial charge >= 0.3 is 0 Å². The fourth-order valence-electron chi connectivity index (χ4n) is 2.13. The number of hydrogen-bond donors (Lipinski definition) is 2. The average molecular weight is 444 g/mol. The third-order valence-corrected chi connectivity index (χ3v) is 6.37. The van der Waals surface area contributed by atoms with Gasteiger partial charge in [0.05, 0.1) is 15.1 Å². The summed E-state index contributed by atoms with van der Waals surface area (Å²) in [5.74, 6) is -0.241. The fourth-order valence-corrected chi connectivity index (χ4v) is 4.22. The lowest BCUT2D eigenvalue weighted by molar-refractivity contribution is -0.385. The third kappa shape index (κ3) is 6.48. The summed E-state index contributed by atoms with van der Waals surface area (Å²) >= 11 is 7.17. The number of non-ortho nitro benzene ring substituents is 1. The van der Waals surface area contributed by atoms with Crippen LogP contribution in [0.4, 0.5) is 5.69 Å². The first kappa shape index (κ1) is 22.2. The Labute approximate surface area is 171 Å². The van der Waals surface area contributed by atoms with Gasteiger partial charge in [0.25, 0.3) is 5.69 Å². The predicted molar refractivity (Wildman–Crippen MR) is 108 cm³/mol. The lowest BCUT2D eigenvalue weighted by Crippen LogP contribution is -2.37. The highest BCUT2D eigenvalue weighted by Gasteiger charge is 2.18. The van der Waals surface area contributed by atoms with Crippen molar-refractivity contribution in [3.05, 3.63) is 63.7 Å². The van der Waals surface area contributed by atoms with Gasteiger partial charge in [-0.2, -0.15) is 0 Å². The Morgan fingerprint density at radius 3 is 2.54 bits per heavy atom. The van der Waals surface area contributed by atoms with Crippen LogP contribution in [0.3, 0.4) is 0 Å². The summed E-state index contributed by atoms with van der Waals surface area (Å²) < 4.78 is 26.7. The summed E-state index contributed by atoms with van der Waals surface area (Å²) in [5.41, 5.74) is -0.316. The van der Waals surface area contributed by atoms with Crippen LogP contribution in [0.25, 0.3) is 0 Å². The van der Waals surface area contributed by atoms with Gasteiger partial charge in [0.15, 0.2) is 0 Å². The number of nitrogens with one attached hydrogen (secondary N) is 2. The van der Waals surface area contributed by atoms with E-state index in [1.54, 1.807) is 19.1 Å². The Hall–Kier alpha value is -2.14. The predicted octanol–water partition coefficient (Wildman–Crippen LogP) is 2.82. The summed E-state index contributed by atoms with van der Waals surface area (Å²) in [6.07, 6.45) is 0. The highest BCUT2D eigenvalue weighted by Crippen LogP contribution is 2.24. The van der Waals surface area contributed by atoms with Crippen molar-refractivity contribution in [2.75, 3.05) is 13.1 Å². The lowest BCUT2D eigenvalue weighted by Gasteiger charge is -2.12. The molecular formula is C17H18ClN3O5S2. The van der Waals surface area contributed by atoms with Gasteiger partial charge in [-0.25, -0.2) is 13.1 Å². The van der Waals surface area contributed by atoms with E-state index in [9.17, 15) is 23.3 Å². The molecule has 11 heteroatoms. The molecule has 2 aromatic carbocycles. The van der Waals surface area contributed by atoms with E-state index in [1.807, 2.05) is 12.1 Å². The second kappa shape index (κ2) is 9.87. The summed E-state index contributed by atoms with van der Waals surface area (Å²) in [6, 6.07) is 11.8. The number of benzene rings is 2. The molecule has 28 heavy (non-hydrogen) atoms. The van der Waals surface area contributed by atoms with Gasteiger partial charge in [-0.05, 0) is 37.3 Å². The Morgan fingerprint density at radius 1 is 1.21 bits per heavy atom. The van der Waals surface area contributed by atoms with Gasteiger partial charge in [0.1, 0.15) is 0 Å². The van der Waals surface area contributed by atoms with Crippen molar-refractivity contribution in [3.8, 4) is 0 Å². The van der Waals surface area contributed by atoms with E-state index >= 15 is 0 Å². The number of nitrogens with zero attached hydrogens (tertiary/aromatic N) is 1. The van der Waals surface area contributed by atoms with E-state index in [1.165, 1.54) is 30.0 Å². The lowest BCUT2D eigenvalue weighted by atomic mass is 10.3. The summed E-state index contributed by atoms with van der Waals surface area (Å²) in [6.45, 7) is 1.77. The molecule has 2 N–H and O–H groups in total. The quantitative estimate of drug-likeness (QED) is 0.266. The molecule has 0 heterocycles. The van der Waals surface area contributed by atoms with E-state index in [0.717, 1.165) is 11.0 Å². The number of halogens is 1. The topological polar surface area (TPSA) is 118 Å². The average Bonchev–Trinajstić information content (AvgIpc) is 2.67. The van der Waals surface area contributed by atoms with Crippen LogP contribution in [-0.2, 0) is 14.8 Å². The van der Waals surface area contributed by atoms with Gasteiger partial charge in [-0.1, -0.05) is 17.7 Å². The number of nitro groups is 1. The third-order valence-electron chi connectivity index (χ3n) is 3.55. The number of carbonyl (C=O) groups is 1. The van der Waals surface area contributed by atoms with Gasteiger partial charge in [0, 0.05) is 35.1 Å². The van der Waals surface area contributed by atoms with Gasteiger partial charge in [-0.15, -0.1) is 11.8 Å². The number of amides is 1. The number of sulfonamides is 1. The van der Waals surface area contributed by atoms with Crippen molar-refractivity contribution >= 4 is 45.0 Å². The van der Waals surface area contributed by atoms with Crippen LogP contribution >= 0.6 is 23.4 Å². The van der Waals surface area contributed by atoms with Crippen LogP contribution in [0.15, 0.2) is 58.3 Å². The van der Waals surface area contributed by atoms with Crippen LogP contribution < -0.4 is 10.0 Å². The molecule has 150 valence electrons. The normalized spacial score (nSPS) is 12.4. The van der Waals surface area contributed by atoms with E-state index in [2.05, 4.69) is 10.0 Å². The van der Waals surface area contributed by atoms with Crippen molar-refractivity contribution in [1.82, 2.24) is 10.0 Å². The second-order valence-electron chi connectivity index (χ2n) is 5.66. The summed E-state index contributed by atoms with van der Waals surface area (Å²) in [4.78, 5) is 22.9. The molecule has 1 unspecified atom stereocenters. The monoisotopic (exact) mass is 443 g/mol. The minimum Gasteiger partial charge on any atom is -0.354 e. The van der Waals surface area contributed by atoms with Crippen molar-refractivity contribution < 1.29 is 18.1 Å². The van der Waals surface area contributed by atoms with E-state index in [0.29, 0.717) is 5.02 Å². The van der Waals surface area contributed by atoms with Crippen molar-refractivity contribution in [1.29, 1.82) is 0 Å². The Kier molecular flexibility index (Phi) is 7.81. The van der Waals surface area contributed by atoms with E-state index in [-0.39, 0.29) is 34.8 Å². The molecule has 0 aliphatic heterocycles. The second-order valence-corrected chi connectivity index (χ2v) is 9.27. The van der Waals surface area contributed by atoms with Gasteiger partial charge in [0.2, 0.25) is 15.9 Å². The molecule has 0 saturated carbocycles. The van der Waals surface area contributed by atoms with Crippen LogP contribution in [0.5, 0.6) is 0 Å². The molecule has 0 aliphatic carbocycles. The first-order valence-corrected chi connectivity index (χ1v) is 10.9. The molecule has 0 radical (unpaired) electrons. The largest absolute Gasteiger partial charge is 0.354 e. The number of carbonyl (C=O) groups excluding carboxylic acids is 1. The zero-order valence-corrected chi connectivity index (χ0v) is 17.2. The molecule has 0 bridgehead atoms. The highest BCUT2D eigenvalue weighted by molar-refractivity contribution is 8.00. The molecule has 0 aliphatic rings. The molecule has 2 rings (SSSR count). The SMILES string of the molecule is CC(Sc1ccc(Cl)cc1)C(=O)NCCNS(=O)(=O)c1cccc([N+](=O)[O-])c1. The van der Waals surface area contributed by atoms with Crippen molar-refractivity contribution in [2.45, 2.75) is 22.0 Å². The van der Waals surface area contributed by atoms with E-state index < -0.39 is 14.9 Å². The molecule has 0 saturated heterocycles. The molecule has 8 nitrogen and oxygen atoms in total.